The minimum Gasteiger partial charge on any atom is -0.505 e. The number of hydrogen-bond acceptors (Lipinski definition) is 2. The molecule has 0 aromatic heterocycles. The van der Waals surface area contributed by atoms with Crippen LogP contribution in [0.1, 0.15) is 25.3 Å². The maximum absolute atomic E-state index is 13.0. The van der Waals surface area contributed by atoms with Crippen LogP contribution in [0.2, 0.25) is 0 Å². The van der Waals surface area contributed by atoms with Crippen LogP contribution in [0.15, 0.2) is 18.2 Å². The van der Waals surface area contributed by atoms with E-state index in [1.54, 1.807) is 12.1 Å². The topological polar surface area (TPSA) is 32.3 Å². The van der Waals surface area contributed by atoms with Gasteiger partial charge in [-0.25, -0.2) is 4.39 Å². The van der Waals surface area contributed by atoms with E-state index < -0.39 is 5.82 Å². The Morgan fingerprint density at radius 3 is 2.94 bits per heavy atom. The average Bonchev–Trinajstić information content (AvgIpc) is 2.29. The molecule has 3 heteroatoms. The molecule has 2 N–H and O–H groups in total. The Bertz CT molecular complexity index is 384. The number of benzene rings is 1. The highest BCUT2D eigenvalue weighted by Gasteiger charge is 2.08. The van der Waals surface area contributed by atoms with Gasteiger partial charge >= 0.3 is 0 Å². The molecular formula is C13H16FNO. The maximum atomic E-state index is 13.0. The first kappa shape index (κ1) is 12.5. The van der Waals surface area contributed by atoms with E-state index in [0.29, 0.717) is 18.5 Å². The van der Waals surface area contributed by atoms with Crippen molar-refractivity contribution in [3.8, 4) is 18.1 Å². The number of halogens is 1. The van der Waals surface area contributed by atoms with Gasteiger partial charge in [0.15, 0.2) is 11.6 Å². The molecule has 2 nitrogen and oxygen atoms in total. The molecule has 86 valence electrons. The van der Waals surface area contributed by atoms with Gasteiger partial charge in [-0.2, -0.15) is 0 Å². The lowest BCUT2D eigenvalue weighted by molar-refractivity contribution is 0.418. The van der Waals surface area contributed by atoms with Gasteiger partial charge in [0.05, 0.1) is 0 Å². The minimum atomic E-state index is -0.593. The van der Waals surface area contributed by atoms with Crippen LogP contribution in [0.3, 0.4) is 0 Å². The predicted octanol–water partition coefficient (Wildman–Crippen LogP) is 2.42. The van der Waals surface area contributed by atoms with Crippen LogP contribution in [-0.2, 0) is 6.54 Å². The van der Waals surface area contributed by atoms with Gasteiger partial charge in [-0.3, -0.25) is 0 Å². The quantitative estimate of drug-likeness (QED) is 0.748. The normalized spacial score (nSPS) is 12.1. The third-order valence-electron chi connectivity index (χ3n) is 2.51. The van der Waals surface area contributed by atoms with E-state index in [0.717, 1.165) is 6.42 Å². The van der Waals surface area contributed by atoms with Crippen molar-refractivity contribution < 1.29 is 9.50 Å². The molecule has 0 bridgehead atoms. The summed E-state index contributed by atoms with van der Waals surface area (Å²) in [5.74, 6) is 1.70. The fourth-order valence-corrected chi connectivity index (χ4v) is 1.46. The van der Waals surface area contributed by atoms with Gasteiger partial charge < -0.3 is 10.4 Å². The second-order valence-corrected chi connectivity index (χ2v) is 3.64. The van der Waals surface area contributed by atoms with Crippen LogP contribution < -0.4 is 5.32 Å². The zero-order chi connectivity index (χ0) is 12.0. The summed E-state index contributed by atoms with van der Waals surface area (Å²) in [5.41, 5.74) is 0.551. The zero-order valence-corrected chi connectivity index (χ0v) is 9.33. The van der Waals surface area contributed by atoms with E-state index in [9.17, 15) is 9.50 Å². The smallest absolute Gasteiger partial charge is 0.165 e. The molecule has 1 atom stereocenters. The highest BCUT2D eigenvalue weighted by molar-refractivity contribution is 5.33. The number of nitrogens with one attached hydrogen (secondary N) is 1. The van der Waals surface area contributed by atoms with Gasteiger partial charge in [-0.05, 0) is 12.5 Å². The van der Waals surface area contributed by atoms with E-state index in [2.05, 4.69) is 11.2 Å². The van der Waals surface area contributed by atoms with Crippen molar-refractivity contribution in [3.05, 3.63) is 29.6 Å². The Balaban J connectivity index is 2.60. The number of phenolic OH excluding ortho intramolecular Hbond substituents is 1. The minimum absolute atomic E-state index is 0.202. The van der Waals surface area contributed by atoms with Gasteiger partial charge in [0.1, 0.15) is 0 Å². The van der Waals surface area contributed by atoms with Crippen LogP contribution in [-0.4, -0.2) is 11.1 Å². The fourth-order valence-electron chi connectivity index (χ4n) is 1.46. The van der Waals surface area contributed by atoms with Crippen molar-refractivity contribution in [3.63, 3.8) is 0 Å². The molecule has 0 saturated carbocycles. The number of hydrogen-bond donors (Lipinski definition) is 2. The monoisotopic (exact) mass is 221 g/mol. The molecule has 1 unspecified atom stereocenters. The van der Waals surface area contributed by atoms with Gasteiger partial charge in [0.25, 0.3) is 0 Å². The first-order valence-corrected chi connectivity index (χ1v) is 5.32. The van der Waals surface area contributed by atoms with Crippen LogP contribution in [0, 0.1) is 18.2 Å². The maximum Gasteiger partial charge on any atom is 0.165 e. The van der Waals surface area contributed by atoms with E-state index in [-0.39, 0.29) is 11.8 Å². The Morgan fingerprint density at radius 1 is 1.56 bits per heavy atom. The molecule has 0 aliphatic rings. The SMILES string of the molecule is C#CCC(CC)NCc1cccc(F)c1O. The summed E-state index contributed by atoms with van der Waals surface area (Å²) < 4.78 is 13.0. The highest BCUT2D eigenvalue weighted by atomic mass is 19.1. The van der Waals surface area contributed by atoms with Crippen molar-refractivity contribution in [2.75, 3.05) is 0 Å². The van der Waals surface area contributed by atoms with Crippen molar-refractivity contribution in [1.82, 2.24) is 5.32 Å². The lowest BCUT2D eigenvalue weighted by Gasteiger charge is -2.14. The van der Waals surface area contributed by atoms with Crippen LogP contribution in [0.4, 0.5) is 4.39 Å². The van der Waals surface area contributed by atoms with Gasteiger partial charge in [-0.1, -0.05) is 19.1 Å². The Hall–Kier alpha value is -1.53. The number of phenols is 1. The molecule has 1 rings (SSSR count). The third kappa shape index (κ3) is 3.25. The summed E-state index contributed by atoms with van der Waals surface area (Å²) in [6, 6.07) is 4.70. The first-order chi connectivity index (χ1) is 7.69. The molecule has 0 fully saturated rings. The van der Waals surface area contributed by atoms with E-state index in [1.807, 2.05) is 6.92 Å². The van der Waals surface area contributed by atoms with E-state index >= 15 is 0 Å². The van der Waals surface area contributed by atoms with Gasteiger partial charge in [0, 0.05) is 24.6 Å². The summed E-state index contributed by atoms with van der Waals surface area (Å²) in [5, 5.41) is 12.6. The van der Waals surface area contributed by atoms with E-state index in [1.165, 1.54) is 6.07 Å². The summed E-state index contributed by atoms with van der Waals surface area (Å²) in [6.45, 7) is 2.45. The molecule has 0 aliphatic carbocycles. The van der Waals surface area contributed by atoms with Gasteiger partial charge in [-0.15, -0.1) is 12.3 Å². The highest BCUT2D eigenvalue weighted by Crippen LogP contribution is 2.20. The summed E-state index contributed by atoms with van der Waals surface area (Å²) in [6.07, 6.45) is 6.76. The van der Waals surface area contributed by atoms with Crippen LogP contribution >= 0.6 is 0 Å². The van der Waals surface area contributed by atoms with Crippen LogP contribution in [0.5, 0.6) is 5.75 Å². The fraction of sp³-hybridized carbons (Fsp3) is 0.385. The van der Waals surface area contributed by atoms with Crippen molar-refractivity contribution in [2.45, 2.75) is 32.4 Å². The number of aromatic hydroxyl groups is 1. The molecule has 0 amide bonds. The molecule has 16 heavy (non-hydrogen) atoms. The third-order valence-corrected chi connectivity index (χ3v) is 2.51. The Labute approximate surface area is 95.5 Å². The summed E-state index contributed by atoms with van der Waals surface area (Å²) in [7, 11) is 0. The first-order valence-electron chi connectivity index (χ1n) is 5.32. The van der Waals surface area contributed by atoms with Crippen LogP contribution in [0.25, 0.3) is 0 Å². The standard InChI is InChI=1S/C13H16FNO/c1-3-6-11(4-2)15-9-10-7-5-8-12(14)13(10)16/h1,5,7-8,11,15-16H,4,6,9H2,2H3. The van der Waals surface area contributed by atoms with Crippen molar-refractivity contribution in [1.29, 1.82) is 0 Å². The van der Waals surface area contributed by atoms with E-state index in [4.69, 9.17) is 6.42 Å². The Kier molecular flexibility index (Phi) is 4.81. The largest absolute Gasteiger partial charge is 0.505 e. The number of para-hydroxylation sites is 1. The molecule has 0 heterocycles. The number of terminal acetylenes is 1. The van der Waals surface area contributed by atoms with Crippen molar-refractivity contribution >= 4 is 0 Å². The molecule has 1 aromatic rings. The Morgan fingerprint density at radius 2 is 2.31 bits per heavy atom. The second-order valence-electron chi connectivity index (χ2n) is 3.64. The molecule has 0 radical (unpaired) electrons. The summed E-state index contributed by atoms with van der Waals surface area (Å²) in [4.78, 5) is 0. The molecule has 0 saturated heterocycles. The lowest BCUT2D eigenvalue weighted by atomic mass is 10.1. The number of rotatable bonds is 5. The van der Waals surface area contributed by atoms with Gasteiger partial charge in [0.2, 0.25) is 0 Å². The summed E-state index contributed by atoms with van der Waals surface area (Å²) >= 11 is 0. The molecule has 0 aliphatic heterocycles. The zero-order valence-electron chi connectivity index (χ0n) is 9.33. The predicted molar refractivity (Wildman–Crippen MR) is 62.4 cm³/mol. The lowest BCUT2D eigenvalue weighted by Crippen LogP contribution is -2.27. The van der Waals surface area contributed by atoms with Crippen molar-refractivity contribution in [2.24, 2.45) is 0 Å². The molecule has 1 aromatic carbocycles. The molecule has 0 spiro atoms. The molecular weight excluding hydrogens is 205 g/mol. The average molecular weight is 221 g/mol. The second kappa shape index (κ2) is 6.14.